The van der Waals surface area contributed by atoms with E-state index in [-0.39, 0.29) is 0 Å². The van der Waals surface area contributed by atoms with E-state index in [1.54, 1.807) is 18.4 Å². The molecule has 1 aliphatic carbocycles. The molecule has 3 unspecified atom stereocenters. The second-order valence-corrected chi connectivity index (χ2v) is 5.93. The minimum Gasteiger partial charge on any atom is -0.380 e. The zero-order valence-electron chi connectivity index (χ0n) is 9.70. The van der Waals surface area contributed by atoms with Gasteiger partial charge in [0.05, 0.1) is 10.4 Å². The van der Waals surface area contributed by atoms with E-state index in [1.807, 2.05) is 6.07 Å². The van der Waals surface area contributed by atoms with Gasteiger partial charge in [-0.05, 0) is 43.2 Å². The minimum absolute atomic E-state index is 0.351. The Balaban J connectivity index is 1.94. The summed E-state index contributed by atoms with van der Waals surface area (Å²) in [6.45, 7) is 2.18. The van der Waals surface area contributed by atoms with Crippen LogP contribution in [-0.2, 0) is 4.74 Å². The number of hydrogen-bond acceptors (Lipinski definition) is 3. The molecule has 1 aromatic rings. The third kappa shape index (κ3) is 2.77. The summed E-state index contributed by atoms with van der Waals surface area (Å²) in [5, 5.41) is 5.75. The minimum atomic E-state index is 0.351. The topological polar surface area (TPSA) is 21.3 Å². The summed E-state index contributed by atoms with van der Waals surface area (Å²) in [5.41, 5.74) is 1.27. The lowest BCUT2D eigenvalue weighted by Crippen LogP contribution is -2.38. The van der Waals surface area contributed by atoms with Gasteiger partial charge in [0.1, 0.15) is 0 Å². The second kappa shape index (κ2) is 5.50. The molecule has 0 spiro atoms. The average Bonchev–Trinajstić information content (AvgIpc) is 2.86. The van der Waals surface area contributed by atoms with Gasteiger partial charge in [-0.15, -0.1) is 11.3 Å². The van der Waals surface area contributed by atoms with Crippen LogP contribution in [0.1, 0.15) is 37.8 Å². The monoisotopic (exact) mass is 259 g/mol. The van der Waals surface area contributed by atoms with E-state index in [4.69, 9.17) is 16.3 Å². The molecule has 0 bridgehead atoms. The van der Waals surface area contributed by atoms with Crippen molar-refractivity contribution in [3.8, 4) is 0 Å². The molecule has 1 N–H and O–H groups in total. The van der Waals surface area contributed by atoms with E-state index in [0.29, 0.717) is 18.2 Å². The standard InChI is InChI=1S/C12H18ClNOS/c1-8(9-6-12(13)16-7-9)14-10-4-3-5-11(10)15-2/h6-8,10-11,14H,3-5H2,1-2H3. The van der Waals surface area contributed by atoms with Crippen molar-refractivity contribution in [1.82, 2.24) is 5.32 Å². The van der Waals surface area contributed by atoms with Crippen molar-refractivity contribution in [2.75, 3.05) is 7.11 Å². The Labute approximate surface area is 106 Å². The maximum atomic E-state index is 5.94. The third-order valence-corrected chi connectivity index (χ3v) is 4.42. The molecule has 1 aromatic heterocycles. The highest BCUT2D eigenvalue weighted by atomic mass is 35.5. The number of nitrogens with one attached hydrogen (secondary N) is 1. The lowest BCUT2D eigenvalue weighted by atomic mass is 10.1. The molecular formula is C12H18ClNOS. The summed E-state index contributed by atoms with van der Waals surface area (Å²) in [4.78, 5) is 0. The van der Waals surface area contributed by atoms with Crippen LogP contribution in [0.15, 0.2) is 11.4 Å². The van der Waals surface area contributed by atoms with Crippen LogP contribution in [0.4, 0.5) is 0 Å². The van der Waals surface area contributed by atoms with E-state index in [9.17, 15) is 0 Å². The van der Waals surface area contributed by atoms with Gasteiger partial charge < -0.3 is 10.1 Å². The fraction of sp³-hybridized carbons (Fsp3) is 0.667. The predicted molar refractivity (Wildman–Crippen MR) is 69.3 cm³/mol. The summed E-state index contributed by atoms with van der Waals surface area (Å²) < 4.78 is 6.34. The van der Waals surface area contributed by atoms with Gasteiger partial charge >= 0.3 is 0 Å². The lowest BCUT2D eigenvalue weighted by Gasteiger charge is -2.23. The van der Waals surface area contributed by atoms with Crippen LogP contribution in [0.2, 0.25) is 4.34 Å². The number of rotatable bonds is 4. The average molecular weight is 260 g/mol. The van der Waals surface area contributed by atoms with Gasteiger partial charge in [-0.2, -0.15) is 0 Å². The zero-order chi connectivity index (χ0) is 11.5. The number of ether oxygens (including phenoxy) is 1. The Morgan fingerprint density at radius 3 is 3.00 bits per heavy atom. The van der Waals surface area contributed by atoms with Crippen LogP contribution >= 0.6 is 22.9 Å². The molecule has 1 saturated carbocycles. The van der Waals surface area contributed by atoms with Crippen molar-refractivity contribution >= 4 is 22.9 Å². The van der Waals surface area contributed by atoms with Gasteiger partial charge in [-0.3, -0.25) is 0 Å². The fourth-order valence-corrected chi connectivity index (χ4v) is 3.35. The Hall–Kier alpha value is -0.0900. The molecule has 1 heterocycles. The van der Waals surface area contributed by atoms with E-state index in [2.05, 4.69) is 17.6 Å². The van der Waals surface area contributed by atoms with Crippen LogP contribution < -0.4 is 5.32 Å². The number of thiophene rings is 1. The van der Waals surface area contributed by atoms with E-state index < -0.39 is 0 Å². The third-order valence-electron chi connectivity index (χ3n) is 3.31. The van der Waals surface area contributed by atoms with Crippen LogP contribution in [0.3, 0.4) is 0 Å². The molecule has 16 heavy (non-hydrogen) atoms. The summed E-state index contributed by atoms with van der Waals surface area (Å²) in [6.07, 6.45) is 4.01. The number of hydrogen-bond donors (Lipinski definition) is 1. The van der Waals surface area contributed by atoms with E-state index >= 15 is 0 Å². The normalized spacial score (nSPS) is 27.2. The molecule has 0 aromatic carbocycles. The molecular weight excluding hydrogens is 242 g/mol. The molecule has 0 aliphatic heterocycles. The van der Waals surface area contributed by atoms with Crippen LogP contribution in [0.5, 0.6) is 0 Å². The smallest absolute Gasteiger partial charge is 0.0931 e. The van der Waals surface area contributed by atoms with Gasteiger partial charge in [0.25, 0.3) is 0 Å². The Kier molecular flexibility index (Phi) is 4.25. The first-order valence-electron chi connectivity index (χ1n) is 5.73. The van der Waals surface area contributed by atoms with Crippen molar-refractivity contribution in [2.45, 2.75) is 44.4 Å². The first-order valence-corrected chi connectivity index (χ1v) is 6.99. The Morgan fingerprint density at radius 2 is 2.38 bits per heavy atom. The highest BCUT2D eigenvalue weighted by Crippen LogP contribution is 2.28. The van der Waals surface area contributed by atoms with Gasteiger partial charge in [0.15, 0.2) is 0 Å². The number of halogens is 1. The first kappa shape index (κ1) is 12.4. The van der Waals surface area contributed by atoms with Crippen molar-refractivity contribution in [2.24, 2.45) is 0 Å². The van der Waals surface area contributed by atoms with Gasteiger partial charge in [0, 0.05) is 19.2 Å². The highest BCUT2D eigenvalue weighted by molar-refractivity contribution is 7.14. The summed E-state index contributed by atoms with van der Waals surface area (Å²) >= 11 is 7.53. The largest absolute Gasteiger partial charge is 0.380 e. The van der Waals surface area contributed by atoms with Crippen molar-refractivity contribution < 1.29 is 4.74 Å². The molecule has 90 valence electrons. The van der Waals surface area contributed by atoms with Crippen LogP contribution in [-0.4, -0.2) is 19.3 Å². The molecule has 1 aliphatic rings. The summed E-state index contributed by atoms with van der Waals surface area (Å²) in [6, 6.07) is 2.88. The molecule has 2 rings (SSSR count). The highest BCUT2D eigenvalue weighted by Gasteiger charge is 2.28. The molecule has 4 heteroatoms. The van der Waals surface area contributed by atoms with E-state index in [1.165, 1.54) is 24.8 Å². The maximum Gasteiger partial charge on any atom is 0.0931 e. The van der Waals surface area contributed by atoms with Crippen LogP contribution in [0.25, 0.3) is 0 Å². The quantitative estimate of drug-likeness (QED) is 0.892. The second-order valence-electron chi connectivity index (χ2n) is 4.38. The van der Waals surface area contributed by atoms with Crippen molar-refractivity contribution in [3.05, 3.63) is 21.3 Å². The van der Waals surface area contributed by atoms with Crippen molar-refractivity contribution in [3.63, 3.8) is 0 Å². The molecule has 0 radical (unpaired) electrons. The number of methoxy groups -OCH3 is 1. The summed E-state index contributed by atoms with van der Waals surface area (Å²) in [7, 11) is 1.80. The first-order chi connectivity index (χ1) is 7.70. The fourth-order valence-electron chi connectivity index (χ4n) is 2.37. The van der Waals surface area contributed by atoms with Gasteiger partial charge in [-0.1, -0.05) is 11.6 Å². The summed E-state index contributed by atoms with van der Waals surface area (Å²) in [5.74, 6) is 0. The molecule has 2 nitrogen and oxygen atoms in total. The molecule has 0 amide bonds. The van der Waals surface area contributed by atoms with Crippen molar-refractivity contribution in [1.29, 1.82) is 0 Å². The molecule has 3 atom stereocenters. The van der Waals surface area contributed by atoms with Gasteiger partial charge in [0.2, 0.25) is 0 Å². The zero-order valence-corrected chi connectivity index (χ0v) is 11.3. The Bertz CT molecular complexity index is 342. The van der Waals surface area contributed by atoms with Crippen LogP contribution in [0, 0.1) is 0 Å². The predicted octanol–water partition coefficient (Wildman–Crippen LogP) is 3.62. The maximum absolute atomic E-state index is 5.94. The van der Waals surface area contributed by atoms with E-state index in [0.717, 1.165) is 4.34 Å². The Morgan fingerprint density at radius 1 is 1.56 bits per heavy atom. The molecule has 0 saturated heterocycles. The molecule has 1 fully saturated rings. The SMILES string of the molecule is COC1CCCC1NC(C)c1csc(Cl)c1. The van der Waals surface area contributed by atoms with Gasteiger partial charge in [-0.25, -0.2) is 0 Å². The lowest BCUT2D eigenvalue weighted by molar-refractivity contribution is 0.0820.